The maximum atomic E-state index is 12.9. The summed E-state index contributed by atoms with van der Waals surface area (Å²) in [6, 6.07) is 19.1. The fraction of sp³-hybridized carbons (Fsp3) is 0.227. The number of nitrogens with zero attached hydrogens (tertiary/aromatic N) is 2. The van der Waals surface area contributed by atoms with E-state index in [0.717, 1.165) is 11.1 Å². The summed E-state index contributed by atoms with van der Waals surface area (Å²) in [6.45, 7) is 1.78. The van der Waals surface area contributed by atoms with E-state index < -0.39 is 11.6 Å². The van der Waals surface area contributed by atoms with Crippen molar-refractivity contribution in [2.45, 2.75) is 31.8 Å². The number of urea groups is 1. The van der Waals surface area contributed by atoms with Gasteiger partial charge in [-0.25, -0.2) is 9.78 Å². The number of carbonyl (C=O) groups is 2. The average molecular weight is 375 g/mol. The minimum Gasteiger partial charge on any atom is -0.439 e. The van der Waals surface area contributed by atoms with Gasteiger partial charge in [0.15, 0.2) is 5.76 Å². The maximum absolute atomic E-state index is 12.9. The first-order valence-corrected chi connectivity index (χ1v) is 9.23. The molecule has 1 aromatic heterocycles. The molecule has 2 aromatic carbocycles. The van der Waals surface area contributed by atoms with Gasteiger partial charge in [0.1, 0.15) is 12.1 Å². The Labute approximate surface area is 163 Å². The van der Waals surface area contributed by atoms with E-state index in [1.54, 1.807) is 13.1 Å². The first-order chi connectivity index (χ1) is 13.5. The van der Waals surface area contributed by atoms with E-state index in [1.165, 1.54) is 4.90 Å². The highest BCUT2D eigenvalue weighted by atomic mass is 16.4. The Kier molecular flexibility index (Phi) is 4.69. The topological polar surface area (TPSA) is 75.4 Å². The maximum Gasteiger partial charge on any atom is 0.325 e. The molecule has 0 radical (unpaired) electrons. The normalized spacial score (nSPS) is 19.1. The van der Waals surface area contributed by atoms with Crippen LogP contribution in [-0.4, -0.2) is 27.4 Å². The Morgan fingerprint density at radius 1 is 1.04 bits per heavy atom. The summed E-state index contributed by atoms with van der Waals surface area (Å²) in [5, 5.41) is 2.83. The van der Waals surface area contributed by atoms with Crippen LogP contribution in [0.25, 0.3) is 11.3 Å². The van der Waals surface area contributed by atoms with Gasteiger partial charge in [-0.05, 0) is 25.3 Å². The third-order valence-corrected chi connectivity index (χ3v) is 5.01. The largest absolute Gasteiger partial charge is 0.439 e. The molecule has 0 spiro atoms. The lowest BCUT2D eigenvalue weighted by Crippen LogP contribution is -2.44. The number of imide groups is 1. The Balaban J connectivity index is 1.45. The molecule has 1 fully saturated rings. The zero-order chi connectivity index (χ0) is 19.6. The van der Waals surface area contributed by atoms with Crippen molar-refractivity contribution in [3.63, 3.8) is 0 Å². The summed E-state index contributed by atoms with van der Waals surface area (Å²) >= 11 is 0. The first kappa shape index (κ1) is 18.0. The van der Waals surface area contributed by atoms with E-state index in [4.69, 9.17) is 4.42 Å². The summed E-state index contributed by atoms with van der Waals surface area (Å²) in [7, 11) is 0. The van der Waals surface area contributed by atoms with Gasteiger partial charge in [0, 0.05) is 5.56 Å². The second-order valence-electron chi connectivity index (χ2n) is 7.12. The first-order valence-electron chi connectivity index (χ1n) is 9.23. The molecule has 1 atom stereocenters. The van der Waals surface area contributed by atoms with Crippen molar-refractivity contribution in [2.24, 2.45) is 0 Å². The third-order valence-electron chi connectivity index (χ3n) is 5.01. The molecule has 1 aliphatic rings. The number of benzene rings is 2. The van der Waals surface area contributed by atoms with E-state index in [-0.39, 0.29) is 12.5 Å². The van der Waals surface area contributed by atoms with Crippen LogP contribution in [0.5, 0.6) is 0 Å². The van der Waals surface area contributed by atoms with Gasteiger partial charge in [-0.1, -0.05) is 60.7 Å². The minimum absolute atomic E-state index is 0.0123. The van der Waals surface area contributed by atoms with Crippen LogP contribution in [0.3, 0.4) is 0 Å². The van der Waals surface area contributed by atoms with Crippen molar-refractivity contribution in [1.82, 2.24) is 15.2 Å². The highest BCUT2D eigenvalue weighted by Crippen LogP contribution is 2.26. The highest BCUT2D eigenvalue weighted by molar-refractivity contribution is 6.06. The molecular formula is C22H21N3O3. The van der Waals surface area contributed by atoms with Gasteiger partial charge in [-0.3, -0.25) is 9.69 Å². The van der Waals surface area contributed by atoms with Gasteiger partial charge in [-0.2, -0.15) is 0 Å². The SMILES string of the molecule is CC1(CCc2ccccc2)NC(=O)N(Cc2ncc(-c3ccccc3)o2)C1=O. The summed E-state index contributed by atoms with van der Waals surface area (Å²) in [5.41, 5.74) is 1.09. The standard InChI is InChI=1S/C22H21N3O3/c1-22(13-12-16-8-4-2-5-9-16)20(26)25(21(27)24-22)15-19-23-14-18(28-19)17-10-6-3-7-11-17/h2-11,14H,12-13,15H2,1H3,(H,24,27). The molecule has 1 aliphatic heterocycles. The van der Waals surface area contributed by atoms with E-state index >= 15 is 0 Å². The smallest absolute Gasteiger partial charge is 0.325 e. The van der Waals surface area contributed by atoms with Crippen molar-refractivity contribution in [3.05, 3.63) is 78.3 Å². The van der Waals surface area contributed by atoms with Crippen molar-refractivity contribution in [2.75, 3.05) is 0 Å². The molecule has 1 unspecified atom stereocenters. The second-order valence-corrected chi connectivity index (χ2v) is 7.12. The lowest BCUT2D eigenvalue weighted by atomic mass is 9.93. The Morgan fingerprint density at radius 2 is 1.71 bits per heavy atom. The zero-order valence-electron chi connectivity index (χ0n) is 15.6. The van der Waals surface area contributed by atoms with Crippen LogP contribution >= 0.6 is 0 Å². The molecule has 0 aliphatic carbocycles. The van der Waals surface area contributed by atoms with E-state index in [1.807, 2.05) is 60.7 Å². The molecule has 6 nitrogen and oxygen atoms in total. The van der Waals surface area contributed by atoms with Crippen LogP contribution in [0, 0.1) is 0 Å². The number of aryl methyl sites for hydroxylation is 1. The minimum atomic E-state index is -0.929. The number of oxazole rings is 1. The molecule has 1 saturated heterocycles. The van der Waals surface area contributed by atoms with E-state index in [2.05, 4.69) is 10.3 Å². The van der Waals surface area contributed by atoms with Gasteiger partial charge >= 0.3 is 6.03 Å². The molecule has 3 aromatic rings. The summed E-state index contributed by atoms with van der Waals surface area (Å²) in [4.78, 5) is 30.7. The van der Waals surface area contributed by atoms with Crippen LogP contribution in [0.15, 0.2) is 71.3 Å². The van der Waals surface area contributed by atoms with Gasteiger partial charge in [0.2, 0.25) is 5.89 Å². The van der Waals surface area contributed by atoms with Crippen molar-refractivity contribution in [1.29, 1.82) is 0 Å². The van der Waals surface area contributed by atoms with Crippen molar-refractivity contribution < 1.29 is 14.0 Å². The number of aromatic nitrogens is 1. The average Bonchev–Trinajstić information content (AvgIpc) is 3.27. The number of amides is 3. The van der Waals surface area contributed by atoms with E-state index in [9.17, 15) is 9.59 Å². The number of carbonyl (C=O) groups excluding carboxylic acids is 2. The second kappa shape index (κ2) is 7.31. The van der Waals surface area contributed by atoms with Crippen LogP contribution < -0.4 is 5.32 Å². The van der Waals surface area contributed by atoms with Gasteiger partial charge in [-0.15, -0.1) is 0 Å². The molecule has 0 bridgehead atoms. The Bertz CT molecular complexity index is 985. The van der Waals surface area contributed by atoms with Gasteiger partial charge < -0.3 is 9.73 Å². The fourth-order valence-electron chi connectivity index (χ4n) is 3.35. The molecule has 4 rings (SSSR count). The number of rotatable bonds is 6. The molecule has 6 heteroatoms. The summed E-state index contributed by atoms with van der Waals surface area (Å²) in [6.07, 6.45) is 2.84. The van der Waals surface area contributed by atoms with E-state index in [0.29, 0.717) is 24.5 Å². The molecule has 1 N–H and O–H groups in total. The lowest BCUT2D eigenvalue weighted by molar-refractivity contribution is -0.131. The van der Waals surface area contributed by atoms with Crippen LogP contribution in [-0.2, 0) is 17.8 Å². The summed E-state index contributed by atoms with van der Waals surface area (Å²) < 4.78 is 5.74. The Hall–Kier alpha value is -3.41. The third kappa shape index (κ3) is 3.53. The predicted molar refractivity (Wildman–Crippen MR) is 104 cm³/mol. The molecule has 2 heterocycles. The molecule has 0 saturated carbocycles. The zero-order valence-corrected chi connectivity index (χ0v) is 15.6. The molecular weight excluding hydrogens is 354 g/mol. The lowest BCUT2D eigenvalue weighted by Gasteiger charge is -2.21. The fourth-order valence-corrected chi connectivity index (χ4v) is 3.35. The Morgan fingerprint density at radius 3 is 2.43 bits per heavy atom. The monoisotopic (exact) mass is 375 g/mol. The van der Waals surface area contributed by atoms with Crippen molar-refractivity contribution in [3.8, 4) is 11.3 Å². The quantitative estimate of drug-likeness (QED) is 0.665. The summed E-state index contributed by atoms with van der Waals surface area (Å²) in [5.74, 6) is 0.678. The highest BCUT2D eigenvalue weighted by Gasteiger charge is 2.47. The van der Waals surface area contributed by atoms with Gasteiger partial charge in [0.05, 0.1) is 6.20 Å². The molecule has 3 amide bonds. The van der Waals surface area contributed by atoms with Crippen LogP contribution in [0.1, 0.15) is 24.8 Å². The van der Waals surface area contributed by atoms with Crippen molar-refractivity contribution >= 4 is 11.9 Å². The van der Waals surface area contributed by atoms with Crippen LogP contribution in [0.2, 0.25) is 0 Å². The number of hydrogen-bond donors (Lipinski definition) is 1. The van der Waals surface area contributed by atoms with Crippen LogP contribution in [0.4, 0.5) is 4.79 Å². The van der Waals surface area contributed by atoms with Gasteiger partial charge in [0.25, 0.3) is 5.91 Å². The molecule has 142 valence electrons. The number of nitrogens with one attached hydrogen (secondary N) is 1. The number of hydrogen-bond acceptors (Lipinski definition) is 4. The predicted octanol–water partition coefficient (Wildman–Crippen LogP) is 3.78. The molecule has 28 heavy (non-hydrogen) atoms.